The van der Waals surface area contributed by atoms with Crippen LogP contribution in [0.2, 0.25) is 0 Å². The molecule has 1 aromatic heterocycles. The molecular formula is C25H27N3O4. The second-order valence-corrected chi connectivity index (χ2v) is 7.99. The Bertz CT molecular complexity index is 1150. The van der Waals surface area contributed by atoms with Gasteiger partial charge >= 0.3 is 0 Å². The fourth-order valence-electron chi connectivity index (χ4n) is 4.34. The number of carbonyl (C=O) groups excluding carboxylic acids is 2. The first-order chi connectivity index (χ1) is 15.5. The smallest absolute Gasteiger partial charge is 0.250 e. The fourth-order valence-corrected chi connectivity index (χ4v) is 4.34. The Morgan fingerprint density at radius 2 is 1.81 bits per heavy atom. The molecule has 3 aromatic rings. The number of pyridine rings is 1. The molecule has 7 nitrogen and oxygen atoms in total. The molecule has 7 heteroatoms. The van der Waals surface area contributed by atoms with Gasteiger partial charge in [0.05, 0.1) is 37.4 Å². The van der Waals surface area contributed by atoms with Crippen molar-refractivity contribution in [3.05, 3.63) is 65.4 Å². The molecular weight excluding hydrogens is 406 g/mol. The predicted molar refractivity (Wildman–Crippen MR) is 122 cm³/mol. The number of benzene rings is 2. The molecule has 0 atom stereocenters. The van der Waals surface area contributed by atoms with Crippen LogP contribution in [0.15, 0.2) is 48.5 Å². The van der Waals surface area contributed by atoms with E-state index in [2.05, 4.69) is 0 Å². The molecule has 0 radical (unpaired) electrons. The van der Waals surface area contributed by atoms with Crippen LogP contribution in [-0.4, -0.2) is 49.0 Å². The van der Waals surface area contributed by atoms with E-state index in [0.717, 1.165) is 35.0 Å². The van der Waals surface area contributed by atoms with Crippen LogP contribution in [0.3, 0.4) is 0 Å². The van der Waals surface area contributed by atoms with Crippen molar-refractivity contribution >= 4 is 22.7 Å². The molecule has 2 aromatic carbocycles. The van der Waals surface area contributed by atoms with Gasteiger partial charge in [0.2, 0.25) is 5.91 Å². The minimum absolute atomic E-state index is 0.0385. The van der Waals surface area contributed by atoms with Gasteiger partial charge in [-0.05, 0) is 43.2 Å². The van der Waals surface area contributed by atoms with Crippen molar-refractivity contribution in [1.29, 1.82) is 0 Å². The van der Waals surface area contributed by atoms with E-state index in [1.165, 1.54) is 0 Å². The number of nitrogens with zero attached hydrogens (tertiary/aromatic N) is 2. The van der Waals surface area contributed by atoms with Crippen LogP contribution in [-0.2, 0) is 11.2 Å². The molecule has 166 valence electrons. The Morgan fingerprint density at radius 3 is 2.50 bits per heavy atom. The van der Waals surface area contributed by atoms with Gasteiger partial charge in [0.25, 0.3) is 5.91 Å². The number of hydrogen-bond acceptors (Lipinski definition) is 5. The molecule has 1 fully saturated rings. The molecule has 2 amide bonds. The Hall–Kier alpha value is -3.61. The highest BCUT2D eigenvalue weighted by molar-refractivity contribution is 5.97. The second kappa shape index (κ2) is 9.26. The molecule has 0 bridgehead atoms. The molecule has 1 saturated heterocycles. The van der Waals surface area contributed by atoms with Gasteiger partial charge in [0, 0.05) is 30.0 Å². The van der Waals surface area contributed by atoms with Gasteiger partial charge in [-0.15, -0.1) is 0 Å². The Kier molecular flexibility index (Phi) is 6.25. The zero-order valence-corrected chi connectivity index (χ0v) is 18.3. The van der Waals surface area contributed by atoms with Gasteiger partial charge in [0.1, 0.15) is 11.5 Å². The predicted octanol–water partition coefficient (Wildman–Crippen LogP) is 3.30. The van der Waals surface area contributed by atoms with E-state index in [9.17, 15) is 9.59 Å². The van der Waals surface area contributed by atoms with E-state index in [4.69, 9.17) is 20.2 Å². The number of rotatable bonds is 6. The number of primary amides is 1. The van der Waals surface area contributed by atoms with Gasteiger partial charge in [0.15, 0.2) is 0 Å². The number of carbonyl (C=O) groups is 2. The highest BCUT2D eigenvalue weighted by Gasteiger charge is 2.28. The summed E-state index contributed by atoms with van der Waals surface area (Å²) in [4.78, 5) is 31.7. The van der Waals surface area contributed by atoms with Crippen LogP contribution >= 0.6 is 0 Å². The van der Waals surface area contributed by atoms with E-state index >= 15 is 0 Å². The summed E-state index contributed by atoms with van der Waals surface area (Å²) < 4.78 is 10.7. The zero-order chi connectivity index (χ0) is 22.7. The molecule has 1 aliphatic heterocycles. The highest BCUT2D eigenvalue weighted by Crippen LogP contribution is 2.32. The Labute approximate surface area is 187 Å². The van der Waals surface area contributed by atoms with Crippen molar-refractivity contribution in [3.63, 3.8) is 0 Å². The lowest BCUT2D eigenvalue weighted by atomic mass is 9.89. The SMILES string of the molecule is COc1ccc(OC)c(CC(=O)N2CCC(c3nc4ccccc4cc3C(N)=O)CC2)c1. The first-order valence-electron chi connectivity index (χ1n) is 10.7. The number of fused-ring (bicyclic) bond motifs is 1. The van der Waals surface area contributed by atoms with Crippen LogP contribution < -0.4 is 15.2 Å². The molecule has 2 N–H and O–H groups in total. The molecule has 0 unspecified atom stereocenters. The number of methoxy groups -OCH3 is 2. The average molecular weight is 434 g/mol. The van der Waals surface area contributed by atoms with E-state index in [1.54, 1.807) is 14.2 Å². The molecule has 2 heterocycles. The second-order valence-electron chi connectivity index (χ2n) is 7.99. The minimum Gasteiger partial charge on any atom is -0.497 e. The van der Waals surface area contributed by atoms with E-state index in [1.807, 2.05) is 53.4 Å². The maximum Gasteiger partial charge on any atom is 0.250 e. The van der Waals surface area contributed by atoms with Crippen molar-refractivity contribution in [2.45, 2.75) is 25.2 Å². The number of aromatic nitrogens is 1. The van der Waals surface area contributed by atoms with Crippen molar-refractivity contribution in [2.75, 3.05) is 27.3 Å². The third kappa shape index (κ3) is 4.37. The summed E-state index contributed by atoms with van der Waals surface area (Å²) >= 11 is 0. The lowest BCUT2D eigenvalue weighted by Gasteiger charge is -2.32. The number of hydrogen-bond donors (Lipinski definition) is 1. The van der Waals surface area contributed by atoms with Crippen LogP contribution in [0.1, 0.15) is 40.4 Å². The first-order valence-corrected chi connectivity index (χ1v) is 10.7. The molecule has 0 saturated carbocycles. The number of amides is 2. The quantitative estimate of drug-likeness (QED) is 0.644. The topological polar surface area (TPSA) is 94.8 Å². The van der Waals surface area contributed by atoms with Gasteiger partial charge < -0.3 is 20.1 Å². The molecule has 4 rings (SSSR count). The lowest BCUT2D eigenvalue weighted by Crippen LogP contribution is -2.39. The van der Waals surface area contributed by atoms with Crippen molar-refractivity contribution < 1.29 is 19.1 Å². The largest absolute Gasteiger partial charge is 0.497 e. The fraction of sp³-hybridized carbons (Fsp3) is 0.320. The Balaban J connectivity index is 1.48. The van der Waals surface area contributed by atoms with Crippen LogP contribution in [0.4, 0.5) is 0 Å². The van der Waals surface area contributed by atoms with Crippen molar-refractivity contribution in [2.24, 2.45) is 5.73 Å². The number of ether oxygens (including phenoxy) is 2. The number of para-hydroxylation sites is 1. The van der Waals surface area contributed by atoms with E-state index < -0.39 is 5.91 Å². The lowest BCUT2D eigenvalue weighted by molar-refractivity contribution is -0.131. The molecule has 0 aliphatic carbocycles. The standard InChI is InChI=1S/C25H27N3O4/c1-31-19-7-8-22(32-2)18(13-19)15-23(29)28-11-9-16(10-12-28)24-20(25(26)30)14-17-5-3-4-6-21(17)27-24/h3-8,13-14,16H,9-12,15H2,1-2H3,(H2,26,30). The van der Waals surface area contributed by atoms with Crippen LogP contribution in [0.25, 0.3) is 10.9 Å². The summed E-state index contributed by atoms with van der Waals surface area (Å²) in [7, 11) is 3.19. The molecule has 32 heavy (non-hydrogen) atoms. The third-order valence-corrected chi connectivity index (χ3v) is 6.08. The third-order valence-electron chi connectivity index (χ3n) is 6.08. The number of nitrogens with two attached hydrogens (primary N) is 1. The zero-order valence-electron chi connectivity index (χ0n) is 18.3. The van der Waals surface area contributed by atoms with Crippen molar-refractivity contribution in [1.82, 2.24) is 9.88 Å². The summed E-state index contributed by atoms with van der Waals surface area (Å²) in [5.74, 6) is 1.00. The summed E-state index contributed by atoms with van der Waals surface area (Å²) in [5, 5.41) is 0.893. The van der Waals surface area contributed by atoms with Gasteiger partial charge in [-0.3, -0.25) is 14.6 Å². The van der Waals surface area contributed by atoms with Gasteiger partial charge in [-0.1, -0.05) is 18.2 Å². The summed E-state index contributed by atoms with van der Waals surface area (Å²) in [6.45, 7) is 1.20. The van der Waals surface area contributed by atoms with Crippen LogP contribution in [0, 0.1) is 0 Å². The van der Waals surface area contributed by atoms with Gasteiger partial charge in [-0.25, -0.2) is 0 Å². The molecule has 1 aliphatic rings. The first kappa shape index (κ1) is 21.6. The summed E-state index contributed by atoms with van der Waals surface area (Å²) in [6.07, 6.45) is 1.70. The van der Waals surface area contributed by atoms with E-state index in [0.29, 0.717) is 30.2 Å². The highest BCUT2D eigenvalue weighted by atomic mass is 16.5. The summed E-state index contributed by atoms with van der Waals surface area (Å²) in [5.41, 5.74) is 8.50. The summed E-state index contributed by atoms with van der Waals surface area (Å²) in [6, 6.07) is 15.0. The number of piperidine rings is 1. The van der Waals surface area contributed by atoms with Gasteiger partial charge in [-0.2, -0.15) is 0 Å². The maximum absolute atomic E-state index is 13.0. The van der Waals surface area contributed by atoms with Crippen molar-refractivity contribution in [3.8, 4) is 11.5 Å². The normalized spacial score (nSPS) is 14.4. The van der Waals surface area contributed by atoms with E-state index in [-0.39, 0.29) is 18.2 Å². The van der Waals surface area contributed by atoms with Crippen LogP contribution in [0.5, 0.6) is 11.5 Å². The molecule has 0 spiro atoms. The monoisotopic (exact) mass is 433 g/mol. The minimum atomic E-state index is -0.470. The Morgan fingerprint density at radius 1 is 1.06 bits per heavy atom. The maximum atomic E-state index is 13.0. The average Bonchev–Trinajstić information content (AvgIpc) is 2.83. The number of likely N-dealkylation sites (tertiary alicyclic amines) is 1.